The van der Waals surface area contributed by atoms with Gasteiger partial charge in [0.25, 0.3) is 0 Å². The van der Waals surface area contributed by atoms with E-state index in [1.165, 1.54) is 5.56 Å². The number of nitrogens with zero attached hydrogens (tertiary/aromatic N) is 2. The number of aromatic nitrogens is 3. The maximum atomic E-state index is 4.54. The molecule has 0 aliphatic rings. The van der Waals surface area contributed by atoms with Crippen LogP contribution in [0.4, 0.5) is 0 Å². The van der Waals surface area contributed by atoms with Crippen molar-refractivity contribution in [3.05, 3.63) is 48.2 Å². The Labute approximate surface area is 106 Å². The van der Waals surface area contributed by atoms with E-state index < -0.39 is 0 Å². The van der Waals surface area contributed by atoms with E-state index >= 15 is 0 Å². The van der Waals surface area contributed by atoms with Crippen LogP contribution in [0.25, 0.3) is 22.6 Å². The van der Waals surface area contributed by atoms with E-state index in [1.807, 2.05) is 36.5 Å². The van der Waals surface area contributed by atoms with E-state index in [1.54, 1.807) is 0 Å². The zero-order valence-corrected chi connectivity index (χ0v) is 10.4. The summed E-state index contributed by atoms with van der Waals surface area (Å²) in [7, 11) is 0. The summed E-state index contributed by atoms with van der Waals surface area (Å²) < 4.78 is 0. The minimum Gasteiger partial charge on any atom is -0.337 e. The van der Waals surface area contributed by atoms with Crippen LogP contribution in [0.3, 0.4) is 0 Å². The molecule has 3 rings (SSSR count). The predicted octanol–water partition coefficient (Wildman–Crippen LogP) is 3.58. The average Bonchev–Trinajstić information content (AvgIpc) is 2.84. The first-order valence-electron chi connectivity index (χ1n) is 6.27. The molecule has 1 N–H and O–H groups in total. The monoisotopic (exact) mass is 237 g/mol. The van der Waals surface area contributed by atoms with Gasteiger partial charge in [0, 0.05) is 6.20 Å². The topological polar surface area (TPSA) is 41.6 Å². The molecule has 0 aliphatic carbocycles. The number of fused-ring (bicyclic) bond motifs is 1. The highest BCUT2D eigenvalue weighted by molar-refractivity contribution is 5.78. The highest BCUT2D eigenvalue weighted by Crippen LogP contribution is 2.18. The Hall–Kier alpha value is -2.16. The van der Waals surface area contributed by atoms with Crippen molar-refractivity contribution < 1.29 is 0 Å². The summed E-state index contributed by atoms with van der Waals surface area (Å²) in [6.07, 6.45) is 4.16. The Balaban J connectivity index is 1.98. The number of nitrogens with one attached hydrogen (secondary N) is 1. The molecule has 2 aromatic heterocycles. The second-order valence-electron chi connectivity index (χ2n) is 4.40. The third-order valence-corrected chi connectivity index (χ3v) is 3.00. The quantitative estimate of drug-likeness (QED) is 0.756. The molecule has 0 amide bonds. The van der Waals surface area contributed by atoms with Crippen LogP contribution < -0.4 is 0 Å². The summed E-state index contributed by atoms with van der Waals surface area (Å²) in [5, 5.41) is 0. The summed E-state index contributed by atoms with van der Waals surface area (Å²) in [6.45, 7) is 2.17. The van der Waals surface area contributed by atoms with Gasteiger partial charge in [0.2, 0.25) is 0 Å². The number of pyridine rings is 1. The van der Waals surface area contributed by atoms with Crippen molar-refractivity contribution in [1.29, 1.82) is 0 Å². The van der Waals surface area contributed by atoms with Crippen molar-refractivity contribution in [3.63, 3.8) is 0 Å². The Morgan fingerprint density at radius 2 is 2.00 bits per heavy atom. The third kappa shape index (κ3) is 1.99. The summed E-state index contributed by atoms with van der Waals surface area (Å²) >= 11 is 0. The molecule has 3 aromatic rings. The molecular weight excluding hydrogens is 222 g/mol. The van der Waals surface area contributed by atoms with Crippen LogP contribution in [0, 0.1) is 0 Å². The zero-order valence-electron chi connectivity index (χ0n) is 10.4. The molecule has 0 saturated carbocycles. The summed E-state index contributed by atoms with van der Waals surface area (Å²) in [6, 6.07) is 12.2. The molecule has 1 aromatic carbocycles. The maximum Gasteiger partial charge on any atom is 0.157 e. The van der Waals surface area contributed by atoms with Gasteiger partial charge >= 0.3 is 0 Å². The van der Waals surface area contributed by atoms with Gasteiger partial charge in [-0.05, 0) is 30.2 Å². The second kappa shape index (κ2) is 4.61. The van der Waals surface area contributed by atoms with Crippen molar-refractivity contribution in [1.82, 2.24) is 15.0 Å². The van der Waals surface area contributed by atoms with E-state index in [-0.39, 0.29) is 0 Å². The number of aromatic amines is 1. The van der Waals surface area contributed by atoms with Crippen molar-refractivity contribution in [3.8, 4) is 11.5 Å². The largest absolute Gasteiger partial charge is 0.337 e. The van der Waals surface area contributed by atoms with Crippen LogP contribution >= 0.6 is 0 Å². The normalized spacial score (nSPS) is 10.9. The highest BCUT2D eigenvalue weighted by Gasteiger charge is 2.05. The summed E-state index contributed by atoms with van der Waals surface area (Å²) in [5.74, 6) is 0.833. The molecule has 0 unspecified atom stereocenters. The van der Waals surface area contributed by atoms with Gasteiger partial charge in [-0.3, -0.25) is 4.98 Å². The number of imidazole rings is 1. The lowest BCUT2D eigenvalue weighted by atomic mass is 10.1. The Morgan fingerprint density at radius 1 is 1.11 bits per heavy atom. The lowest BCUT2D eigenvalue weighted by Crippen LogP contribution is -1.89. The minimum atomic E-state index is 0.833. The number of aryl methyl sites for hydroxylation is 1. The predicted molar refractivity (Wildman–Crippen MR) is 73.3 cm³/mol. The van der Waals surface area contributed by atoms with E-state index in [0.29, 0.717) is 0 Å². The molecule has 0 spiro atoms. The molecule has 18 heavy (non-hydrogen) atoms. The van der Waals surface area contributed by atoms with Crippen molar-refractivity contribution in [2.75, 3.05) is 0 Å². The van der Waals surface area contributed by atoms with Crippen LogP contribution in [-0.4, -0.2) is 15.0 Å². The van der Waals surface area contributed by atoms with Crippen molar-refractivity contribution >= 4 is 11.0 Å². The zero-order chi connectivity index (χ0) is 12.4. The Kier molecular flexibility index (Phi) is 2.81. The second-order valence-corrected chi connectivity index (χ2v) is 4.40. The lowest BCUT2D eigenvalue weighted by molar-refractivity contribution is 0.914. The van der Waals surface area contributed by atoms with Crippen molar-refractivity contribution in [2.45, 2.75) is 19.8 Å². The first kappa shape index (κ1) is 11.0. The molecule has 0 saturated heterocycles. The number of rotatable bonds is 3. The molecule has 3 heteroatoms. The van der Waals surface area contributed by atoms with Gasteiger partial charge in [-0.25, -0.2) is 4.98 Å². The first-order valence-corrected chi connectivity index (χ1v) is 6.27. The molecule has 0 fully saturated rings. The minimum absolute atomic E-state index is 0.833. The van der Waals surface area contributed by atoms with E-state index in [0.717, 1.165) is 35.4 Å². The number of hydrogen-bond donors (Lipinski definition) is 1. The van der Waals surface area contributed by atoms with Crippen LogP contribution in [-0.2, 0) is 6.42 Å². The summed E-state index contributed by atoms with van der Waals surface area (Å²) in [4.78, 5) is 12.3. The molecule has 0 bridgehead atoms. The standard InChI is InChI=1S/C15H15N3/c1-2-5-11-8-9-14(16-10-11)15-17-12-6-3-4-7-13(12)18-15/h3-4,6-10H,2,5H2,1H3,(H,17,18). The van der Waals surface area contributed by atoms with Crippen LogP contribution in [0.2, 0.25) is 0 Å². The number of benzene rings is 1. The summed E-state index contributed by atoms with van der Waals surface area (Å²) in [5.41, 5.74) is 4.20. The number of para-hydroxylation sites is 2. The fourth-order valence-electron chi connectivity index (χ4n) is 2.08. The Bertz CT molecular complexity index is 620. The van der Waals surface area contributed by atoms with Crippen molar-refractivity contribution in [2.24, 2.45) is 0 Å². The molecule has 2 heterocycles. The average molecular weight is 237 g/mol. The van der Waals surface area contributed by atoms with E-state index in [2.05, 4.69) is 27.9 Å². The lowest BCUT2D eigenvalue weighted by Gasteiger charge is -1.99. The van der Waals surface area contributed by atoms with Gasteiger partial charge in [0.15, 0.2) is 5.82 Å². The van der Waals surface area contributed by atoms with E-state index in [4.69, 9.17) is 0 Å². The van der Waals surface area contributed by atoms with Gasteiger partial charge in [-0.2, -0.15) is 0 Å². The Morgan fingerprint density at radius 3 is 2.72 bits per heavy atom. The fraction of sp³-hybridized carbons (Fsp3) is 0.200. The SMILES string of the molecule is CCCc1ccc(-c2nc3ccccc3[nH]2)nc1. The molecule has 0 aliphatic heterocycles. The first-order chi connectivity index (χ1) is 8.86. The van der Waals surface area contributed by atoms with Crippen LogP contribution in [0.5, 0.6) is 0 Å². The van der Waals surface area contributed by atoms with Gasteiger partial charge in [-0.1, -0.05) is 31.5 Å². The van der Waals surface area contributed by atoms with Crippen LogP contribution in [0.15, 0.2) is 42.6 Å². The number of hydrogen-bond acceptors (Lipinski definition) is 2. The van der Waals surface area contributed by atoms with Gasteiger partial charge in [0.1, 0.15) is 5.69 Å². The molecule has 0 atom stereocenters. The maximum absolute atomic E-state index is 4.54. The third-order valence-electron chi connectivity index (χ3n) is 3.00. The van der Waals surface area contributed by atoms with Crippen LogP contribution in [0.1, 0.15) is 18.9 Å². The van der Waals surface area contributed by atoms with E-state index in [9.17, 15) is 0 Å². The fourth-order valence-corrected chi connectivity index (χ4v) is 2.08. The molecule has 3 nitrogen and oxygen atoms in total. The molecule has 0 radical (unpaired) electrons. The van der Waals surface area contributed by atoms with Gasteiger partial charge in [-0.15, -0.1) is 0 Å². The molecule has 90 valence electrons. The van der Waals surface area contributed by atoms with Gasteiger partial charge < -0.3 is 4.98 Å². The highest BCUT2D eigenvalue weighted by atomic mass is 14.9. The van der Waals surface area contributed by atoms with Gasteiger partial charge in [0.05, 0.1) is 11.0 Å². The smallest absolute Gasteiger partial charge is 0.157 e. The number of H-pyrrole nitrogens is 1. The molecular formula is C15H15N3.